The van der Waals surface area contributed by atoms with Crippen molar-refractivity contribution in [3.8, 4) is 35.9 Å². The second kappa shape index (κ2) is 11.9. The fourth-order valence-electron chi connectivity index (χ4n) is 6.47. The molecule has 3 fully saturated rings. The topological polar surface area (TPSA) is 118 Å². The first-order valence-corrected chi connectivity index (χ1v) is 15.0. The van der Waals surface area contributed by atoms with Crippen molar-refractivity contribution < 1.29 is 24.1 Å². The predicted octanol–water partition coefficient (Wildman–Crippen LogP) is 5.23. The molecule has 232 valence electrons. The lowest BCUT2D eigenvalue weighted by atomic mass is 9.92. The van der Waals surface area contributed by atoms with E-state index in [1.807, 2.05) is 11.5 Å². The quantitative estimate of drug-likeness (QED) is 0.238. The SMILES string of the molecule is C#Cc1c(F)ccc2cc(O)cc(Oc3nc4nc(OC[C@@H]5CCCN5)nc(N5CCC[C@@](C)(O)C5)c4n3C3CCC3)c12.Cl. The zero-order valence-corrected chi connectivity index (χ0v) is 25.4. The second-order valence-corrected chi connectivity index (χ2v) is 12.2. The minimum absolute atomic E-state index is 0. The van der Waals surface area contributed by atoms with Gasteiger partial charge in [0.1, 0.15) is 29.4 Å². The highest BCUT2D eigenvalue weighted by molar-refractivity contribution is 5.95. The van der Waals surface area contributed by atoms with Crippen LogP contribution in [0.5, 0.6) is 23.5 Å². The lowest BCUT2D eigenvalue weighted by molar-refractivity contribution is 0.0447. The van der Waals surface area contributed by atoms with Crippen molar-refractivity contribution in [2.24, 2.45) is 0 Å². The van der Waals surface area contributed by atoms with Crippen molar-refractivity contribution in [1.82, 2.24) is 24.8 Å². The molecule has 2 aliphatic heterocycles. The summed E-state index contributed by atoms with van der Waals surface area (Å²) in [6.45, 7) is 4.35. The van der Waals surface area contributed by atoms with Crippen LogP contribution in [-0.2, 0) is 0 Å². The van der Waals surface area contributed by atoms with Crippen molar-refractivity contribution in [2.45, 2.75) is 69.6 Å². The largest absolute Gasteiger partial charge is 0.508 e. The minimum atomic E-state index is -0.874. The van der Waals surface area contributed by atoms with E-state index in [2.05, 4.69) is 16.1 Å². The molecule has 1 aliphatic carbocycles. The summed E-state index contributed by atoms with van der Waals surface area (Å²) in [5, 5.41) is 25.9. The lowest BCUT2D eigenvalue weighted by Crippen LogP contribution is -2.46. The third kappa shape index (κ3) is 5.58. The van der Waals surface area contributed by atoms with Crippen LogP contribution in [0.15, 0.2) is 24.3 Å². The van der Waals surface area contributed by atoms with Gasteiger partial charge in [0.15, 0.2) is 11.5 Å². The number of imidazole rings is 1. The molecule has 4 aromatic rings. The summed E-state index contributed by atoms with van der Waals surface area (Å²) in [6, 6.07) is 6.54. The van der Waals surface area contributed by atoms with E-state index in [1.165, 1.54) is 18.2 Å². The Labute approximate surface area is 261 Å². The lowest BCUT2D eigenvalue weighted by Gasteiger charge is -2.38. The van der Waals surface area contributed by atoms with Crippen LogP contribution in [0.25, 0.3) is 21.9 Å². The summed E-state index contributed by atoms with van der Waals surface area (Å²) < 4.78 is 29.3. The Balaban J connectivity index is 0.00000343. The fraction of sp³-hybridized carbons (Fsp3) is 0.469. The maximum Gasteiger partial charge on any atom is 0.320 e. The van der Waals surface area contributed by atoms with E-state index in [1.54, 1.807) is 6.07 Å². The molecule has 3 N–H and O–H groups in total. The number of aromatic nitrogens is 4. The average Bonchev–Trinajstić information content (AvgIpc) is 3.58. The maximum absolute atomic E-state index is 14.8. The fourth-order valence-corrected chi connectivity index (χ4v) is 6.47. The normalized spacial score (nSPS) is 22.0. The van der Waals surface area contributed by atoms with Crippen LogP contribution < -0.4 is 19.7 Å². The first-order chi connectivity index (χ1) is 20.8. The molecule has 3 aliphatic rings. The van der Waals surface area contributed by atoms with Gasteiger partial charge < -0.3 is 29.9 Å². The van der Waals surface area contributed by atoms with Crippen molar-refractivity contribution in [3.63, 3.8) is 0 Å². The summed E-state index contributed by atoms with van der Waals surface area (Å²) in [6.07, 6.45) is 12.2. The van der Waals surface area contributed by atoms with Gasteiger partial charge >= 0.3 is 12.0 Å². The van der Waals surface area contributed by atoms with Crippen molar-refractivity contribution in [3.05, 3.63) is 35.6 Å². The van der Waals surface area contributed by atoms with E-state index in [0.717, 1.165) is 45.1 Å². The van der Waals surface area contributed by atoms with Gasteiger partial charge in [0.25, 0.3) is 0 Å². The van der Waals surface area contributed by atoms with Gasteiger partial charge in [0.05, 0.1) is 11.2 Å². The maximum atomic E-state index is 14.8. The second-order valence-electron chi connectivity index (χ2n) is 12.2. The molecule has 0 radical (unpaired) electrons. The number of hydrogen-bond donors (Lipinski definition) is 3. The number of hydrogen-bond acceptors (Lipinski definition) is 9. The van der Waals surface area contributed by atoms with Crippen LogP contribution in [0.1, 0.15) is 63.5 Å². The number of rotatable bonds is 7. The van der Waals surface area contributed by atoms with E-state index >= 15 is 0 Å². The zero-order valence-electron chi connectivity index (χ0n) is 24.6. The molecule has 7 rings (SSSR count). The van der Waals surface area contributed by atoms with Crippen LogP contribution in [0.3, 0.4) is 0 Å². The van der Waals surface area contributed by atoms with E-state index < -0.39 is 11.4 Å². The number of phenols is 1. The molecule has 2 aromatic heterocycles. The van der Waals surface area contributed by atoms with Crippen LogP contribution >= 0.6 is 12.4 Å². The summed E-state index contributed by atoms with van der Waals surface area (Å²) in [5.41, 5.74) is 0.267. The minimum Gasteiger partial charge on any atom is -0.508 e. The number of phenolic OH excluding ortho intramolecular Hbond substituents is 1. The Hall–Kier alpha value is -3.85. The Bertz CT molecular complexity index is 1740. The predicted molar refractivity (Wildman–Crippen MR) is 168 cm³/mol. The molecular weight excluding hydrogens is 587 g/mol. The third-order valence-corrected chi connectivity index (χ3v) is 8.83. The molecule has 2 saturated heterocycles. The molecule has 4 heterocycles. The Kier molecular flexibility index (Phi) is 8.18. The number of halogens is 2. The van der Waals surface area contributed by atoms with Gasteiger partial charge in [-0.25, -0.2) is 4.39 Å². The summed E-state index contributed by atoms with van der Waals surface area (Å²) in [4.78, 5) is 16.5. The highest BCUT2D eigenvalue weighted by Gasteiger charge is 2.35. The highest BCUT2D eigenvalue weighted by atomic mass is 35.5. The van der Waals surface area contributed by atoms with Gasteiger partial charge in [-0.3, -0.25) is 4.57 Å². The number of piperidine rings is 1. The van der Waals surface area contributed by atoms with Crippen LogP contribution in [0.2, 0.25) is 0 Å². The number of anilines is 1. The number of fused-ring (bicyclic) bond motifs is 2. The molecule has 2 aromatic carbocycles. The summed E-state index contributed by atoms with van der Waals surface area (Å²) in [5.74, 6) is 2.66. The molecule has 44 heavy (non-hydrogen) atoms. The van der Waals surface area contributed by atoms with Crippen LogP contribution in [0.4, 0.5) is 10.2 Å². The Morgan fingerprint density at radius 3 is 2.70 bits per heavy atom. The molecule has 12 heteroatoms. The molecule has 10 nitrogen and oxygen atoms in total. The number of ether oxygens (including phenoxy) is 2. The third-order valence-electron chi connectivity index (χ3n) is 8.83. The van der Waals surface area contributed by atoms with Gasteiger partial charge in [-0.15, -0.1) is 18.8 Å². The molecule has 2 atom stereocenters. The highest BCUT2D eigenvalue weighted by Crippen LogP contribution is 2.44. The number of aliphatic hydroxyl groups is 1. The van der Waals surface area contributed by atoms with E-state index in [-0.39, 0.29) is 53.6 Å². The Morgan fingerprint density at radius 2 is 2.00 bits per heavy atom. The number of β-amino-alcohol motifs (C(OH)–C–C–N with tert-alkyl or cyclic N) is 1. The van der Waals surface area contributed by atoms with Gasteiger partial charge in [-0.05, 0) is 75.9 Å². The van der Waals surface area contributed by atoms with Gasteiger partial charge in [0.2, 0.25) is 0 Å². The van der Waals surface area contributed by atoms with Crippen LogP contribution in [0, 0.1) is 18.2 Å². The van der Waals surface area contributed by atoms with Gasteiger partial charge in [-0.2, -0.15) is 15.0 Å². The first kappa shape index (κ1) is 30.2. The molecule has 0 bridgehead atoms. The zero-order chi connectivity index (χ0) is 29.7. The van der Waals surface area contributed by atoms with Gasteiger partial charge in [-0.1, -0.05) is 12.0 Å². The average molecular weight is 623 g/mol. The summed E-state index contributed by atoms with van der Waals surface area (Å²) in [7, 11) is 0. The number of terminal acetylenes is 1. The Morgan fingerprint density at radius 1 is 1.16 bits per heavy atom. The monoisotopic (exact) mass is 622 g/mol. The van der Waals surface area contributed by atoms with E-state index in [0.29, 0.717) is 53.9 Å². The standard InChI is InChI=1S/C32H35FN6O4.ClH/c1-3-23-24(33)11-10-19-15-22(40)16-25(26(19)23)43-31-36-28-27(39(31)21-8-4-9-21)29(38-14-6-12-32(2,41)18-38)37-30(35-28)42-17-20-7-5-13-34-20;/h1,10-11,15-16,20-21,34,40-41H,4-9,12-14,17-18H2,2H3;1H/t20-,32+;/m0./s1. The van der Waals surface area contributed by atoms with Crippen LogP contribution in [-0.4, -0.2) is 67.6 Å². The molecule has 0 spiro atoms. The number of aromatic hydroxyl groups is 1. The van der Waals surface area contributed by atoms with Crippen molar-refractivity contribution in [2.75, 3.05) is 31.1 Å². The van der Waals surface area contributed by atoms with Crippen molar-refractivity contribution in [1.29, 1.82) is 0 Å². The van der Waals surface area contributed by atoms with Gasteiger partial charge in [0, 0.05) is 36.6 Å². The number of nitrogens with one attached hydrogen (secondary N) is 1. The molecule has 0 unspecified atom stereocenters. The summed E-state index contributed by atoms with van der Waals surface area (Å²) >= 11 is 0. The van der Waals surface area contributed by atoms with Crippen molar-refractivity contribution >= 4 is 40.2 Å². The van der Waals surface area contributed by atoms with E-state index in [9.17, 15) is 14.6 Å². The number of benzene rings is 2. The molecule has 0 amide bonds. The smallest absolute Gasteiger partial charge is 0.320 e. The first-order valence-electron chi connectivity index (χ1n) is 15.0. The molecule has 1 saturated carbocycles. The van der Waals surface area contributed by atoms with E-state index in [4.69, 9.17) is 30.8 Å². The number of nitrogens with zero attached hydrogens (tertiary/aromatic N) is 5. The molecular formula is C32H36ClFN6O4.